The van der Waals surface area contributed by atoms with Crippen LogP contribution in [0, 0.1) is 40.4 Å². The Labute approximate surface area is 255 Å². The smallest absolute Gasteiger partial charge is 0.186 e. The quantitative estimate of drug-likeness (QED) is 0.200. The Balaban J connectivity index is 1.31. The predicted molar refractivity (Wildman–Crippen MR) is 156 cm³/mol. The topological polar surface area (TPSA) is 177 Å². The summed E-state index contributed by atoms with van der Waals surface area (Å²) in [6.07, 6.45) is -2.10. The monoisotopic (exact) mass is 612 g/mol. The minimum absolute atomic E-state index is 0.0932. The van der Waals surface area contributed by atoms with Crippen molar-refractivity contribution in [3.63, 3.8) is 0 Å². The Bertz CT molecular complexity index is 1020. The highest BCUT2D eigenvalue weighted by Gasteiger charge is 2.71. The van der Waals surface area contributed by atoms with Gasteiger partial charge in [-0.15, -0.1) is 0 Å². The molecule has 248 valence electrons. The van der Waals surface area contributed by atoms with Crippen molar-refractivity contribution in [2.45, 2.75) is 153 Å². The predicted octanol–water partition coefficient (Wildman–Crippen LogP) is 1.67. The third-order valence-electron chi connectivity index (χ3n) is 13.2. The van der Waals surface area contributed by atoms with Crippen LogP contribution in [-0.4, -0.2) is 102 Å². The molecule has 5 aliphatic rings. The number of hydrogen-bond donors (Lipinski definition) is 7. The number of Topliss-reactive ketones (excluding diaryl/α,β-unsaturated/α-hetero) is 1. The Hall–Kier alpha value is -0.690. The van der Waals surface area contributed by atoms with Gasteiger partial charge in [0, 0.05) is 17.8 Å². The number of fused-ring (bicyclic) bond motifs is 5. The number of ether oxygens (including phenoxy) is 2. The zero-order valence-electron chi connectivity index (χ0n) is 26.6. The second-order valence-electron chi connectivity index (χ2n) is 15.9. The van der Waals surface area contributed by atoms with E-state index in [-0.39, 0.29) is 41.3 Å². The first kappa shape index (κ1) is 33.7. The Kier molecular flexibility index (Phi) is 9.27. The molecule has 4 aliphatic carbocycles. The molecule has 43 heavy (non-hydrogen) atoms. The second kappa shape index (κ2) is 11.8. The summed E-state index contributed by atoms with van der Waals surface area (Å²) in [7, 11) is 0. The first-order valence-corrected chi connectivity index (χ1v) is 16.6. The lowest BCUT2D eigenvalue weighted by Gasteiger charge is -2.63. The molecule has 3 unspecified atom stereocenters. The van der Waals surface area contributed by atoms with Crippen LogP contribution in [0.5, 0.6) is 0 Å². The normalized spacial score (nSPS) is 50.5. The molecule has 0 aromatic heterocycles. The average molecular weight is 613 g/mol. The molecule has 10 heteroatoms. The molecule has 0 spiro atoms. The van der Waals surface area contributed by atoms with Crippen molar-refractivity contribution in [1.82, 2.24) is 0 Å². The summed E-state index contributed by atoms with van der Waals surface area (Å²) in [6, 6.07) is 0. The summed E-state index contributed by atoms with van der Waals surface area (Å²) in [4.78, 5) is 13.9. The van der Waals surface area contributed by atoms with E-state index in [9.17, 15) is 40.5 Å². The van der Waals surface area contributed by atoms with E-state index in [4.69, 9.17) is 9.47 Å². The maximum Gasteiger partial charge on any atom is 0.186 e. The Morgan fingerprint density at radius 1 is 1.00 bits per heavy atom. The third-order valence-corrected chi connectivity index (χ3v) is 13.2. The van der Waals surface area contributed by atoms with Crippen molar-refractivity contribution in [1.29, 1.82) is 0 Å². The zero-order valence-corrected chi connectivity index (χ0v) is 26.6. The highest BCUT2D eigenvalue weighted by Crippen LogP contribution is 2.70. The van der Waals surface area contributed by atoms with Gasteiger partial charge in [-0.2, -0.15) is 0 Å². The molecule has 0 amide bonds. The number of carbonyl (C=O) groups excluding carboxylic acids is 1. The van der Waals surface area contributed by atoms with Gasteiger partial charge in [-0.05, 0) is 93.8 Å². The second-order valence-corrected chi connectivity index (χ2v) is 15.9. The molecule has 0 aromatic carbocycles. The summed E-state index contributed by atoms with van der Waals surface area (Å²) in [6.45, 7) is 9.62. The number of carbonyl (C=O) groups is 1. The fraction of sp³-hybridized carbons (Fsp3) is 0.970. The minimum atomic E-state index is -1.52. The third kappa shape index (κ3) is 5.34. The molecule has 4 saturated carbocycles. The number of hydrogen-bond acceptors (Lipinski definition) is 10. The van der Waals surface area contributed by atoms with E-state index in [0.29, 0.717) is 50.9 Å². The molecule has 5 fully saturated rings. The number of aliphatic hydroxyl groups excluding tert-OH is 5. The molecule has 5 rings (SSSR count). The highest BCUT2D eigenvalue weighted by atomic mass is 16.7. The van der Waals surface area contributed by atoms with E-state index in [1.54, 1.807) is 6.92 Å². The van der Waals surface area contributed by atoms with E-state index in [1.807, 2.05) is 0 Å². The van der Waals surface area contributed by atoms with Crippen molar-refractivity contribution in [3.8, 4) is 0 Å². The standard InChI is InChI=1S/C33H56O10/c1-17(2)6-7-25(36)32(5,40)24-10-13-33(41)20-15-22(35)21-14-18(8-11-30(21,3)19(20)9-12-31(24,33)4)42-29-28(39)27(38)26(37)23(16-34)43-29/h17-21,23-29,34,36-41H,6-16H2,1-5H3/t18-,19?,20?,21?,23+,24-,25+,26+,27+,28+,29+,30+,31+,32-,33+/m0/s1. The summed E-state index contributed by atoms with van der Waals surface area (Å²) in [5.41, 5.74) is -3.42. The van der Waals surface area contributed by atoms with Gasteiger partial charge in [-0.1, -0.05) is 27.7 Å². The number of rotatable bonds is 8. The van der Waals surface area contributed by atoms with E-state index >= 15 is 0 Å². The first-order chi connectivity index (χ1) is 20.0. The van der Waals surface area contributed by atoms with Gasteiger partial charge in [0.25, 0.3) is 0 Å². The van der Waals surface area contributed by atoms with Gasteiger partial charge in [-0.3, -0.25) is 4.79 Å². The fourth-order valence-corrected chi connectivity index (χ4v) is 10.4. The highest BCUT2D eigenvalue weighted by molar-refractivity contribution is 5.83. The minimum Gasteiger partial charge on any atom is -0.394 e. The number of ketones is 1. The molecule has 0 radical (unpaired) electrons. The van der Waals surface area contributed by atoms with Crippen LogP contribution in [0.15, 0.2) is 0 Å². The van der Waals surface area contributed by atoms with Crippen LogP contribution in [0.1, 0.15) is 98.8 Å². The maximum absolute atomic E-state index is 13.9. The van der Waals surface area contributed by atoms with Crippen molar-refractivity contribution in [2.24, 2.45) is 40.4 Å². The molecular weight excluding hydrogens is 556 g/mol. The van der Waals surface area contributed by atoms with Crippen LogP contribution in [0.4, 0.5) is 0 Å². The summed E-state index contributed by atoms with van der Waals surface area (Å²) in [5.74, 6) is -0.167. The van der Waals surface area contributed by atoms with Crippen molar-refractivity contribution >= 4 is 5.78 Å². The summed E-state index contributed by atoms with van der Waals surface area (Å²) >= 11 is 0. The SMILES string of the molecule is CC(C)CC[C@@H](O)[C@@](C)(O)[C@H]1CC[C@@]2(O)C3CC(=O)C4C[C@@H](O[C@@H]5O[C@H](CO)[C@@H](O)[C@@H](O)[C@H]5O)CC[C@]4(C)C3CC[C@]12C. The molecule has 10 nitrogen and oxygen atoms in total. The van der Waals surface area contributed by atoms with Crippen LogP contribution in [0.3, 0.4) is 0 Å². The van der Waals surface area contributed by atoms with Crippen LogP contribution in [0.25, 0.3) is 0 Å². The van der Waals surface area contributed by atoms with Gasteiger partial charge >= 0.3 is 0 Å². The zero-order chi connectivity index (χ0) is 31.7. The average Bonchev–Trinajstić information content (AvgIpc) is 3.24. The van der Waals surface area contributed by atoms with Gasteiger partial charge in [-0.25, -0.2) is 0 Å². The molecule has 15 atom stereocenters. The lowest BCUT2D eigenvalue weighted by molar-refractivity contribution is -0.316. The van der Waals surface area contributed by atoms with Gasteiger partial charge in [0.2, 0.25) is 0 Å². The fourth-order valence-electron chi connectivity index (χ4n) is 10.4. The van der Waals surface area contributed by atoms with Crippen molar-refractivity contribution < 1.29 is 50.0 Å². The molecule has 7 N–H and O–H groups in total. The molecule has 0 bridgehead atoms. The van der Waals surface area contributed by atoms with Crippen LogP contribution in [0.2, 0.25) is 0 Å². The lowest BCUT2D eigenvalue weighted by atomic mass is 9.42. The van der Waals surface area contributed by atoms with Crippen LogP contribution < -0.4 is 0 Å². The molecule has 1 saturated heterocycles. The molecule has 1 aliphatic heterocycles. The van der Waals surface area contributed by atoms with Gasteiger partial charge in [0.05, 0.1) is 30.0 Å². The molecule has 0 aromatic rings. The Morgan fingerprint density at radius 3 is 2.35 bits per heavy atom. The number of aliphatic hydroxyl groups is 7. The Morgan fingerprint density at radius 2 is 1.70 bits per heavy atom. The van der Waals surface area contributed by atoms with Crippen LogP contribution >= 0.6 is 0 Å². The van der Waals surface area contributed by atoms with Crippen molar-refractivity contribution in [2.75, 3.05) is 6.61 Å². The van der Waals surface area contributed by atoms with Gasteiger partial charge in [0.15, 0.2) is 6.29 Å². The van der Waals surface area contributed by atoms with E-state index in [2.05, 4.69) is 27.7 Å². The molecule has 1 heterocycles. The maximum atomic E-state index is 13.9. The first-order valence-electron chi connectivity index (χ1n) is 16.6. The van der Waals surface area contributed by atoms with E-state index in [0.717, 1.165) is 12.8 Å². The summed E-state index contributed by atoms with van der Waals surface area (Å²) < 4.78 is 11.7. The van der Waals surface area contributed by atoms with E-state index < -0.39 is 66.1 Å². The van der Waals surface area contributed by atoms with Gasteiger partial charge < -0.3 is 45.2 Å². The lowest BCUT2D eigenvalue weighted by Crippen LogP contribution is -2.66. The summed E-state index contributed by atoms with van der Waals surface area (Å²) in [5, 5.41) is 75.7. The largest absolute Gasteiger partial charge is 0.394 e. The van der Waals surface area contributed by atoms with Crippen molar-refractivity contribution in [3.05, 3.63) is 0 Å². The van der Waals surface area contributed by atoms with Gasteiger partial charge in [0.1, 0.15) is 30.2 Å². The molecular formula is C33H56O10. The van der Waals surface area contributed by atoms with Crippen LogP contribution in [-0.2, 0) is 14.3 Å². The van der Waals surface area contributed by atoms with E-state index in [1.165, 1.54) is 0 Å².